The topological polar surface area (TPSA) is 52.6 Å². The molecule has 1 atom stereocenters. The lowest BCUT2D eigenvalue weighted by Crippen LogP contribution is -2.44. The van der Waals surface area contributed by atoms with E-state index in [1.54, 1.807) is 0 Å². The summed E-state index contributed by atoms with van der Waals surface area (Å²) in [7, 11) is 0. The summed E-state index contributed by atoms with van der Waals surface area (Å²) in [6, 6.07) is 5.93. The molecule has 1 aromatic rings. The van der Waals surface area contributed by atoms with Gasteiger partial charge in [0, 0.05) is 18.8 Å². The fourth-order valence-electron chi connectivity index (χ4n) is 2.62. The third-order valence-corrected chi connectivity index (χ3v) is 3.45. The molecule has 1 aliphatic rings. The molecule has 0 radical (unpaired) electrons. The number of carbonyl (C=O) groups is 1. The number of anilines is 1. The van der Waals surface area contributed by atoms with Gasteiger partial charge in [-0.05, 0) is 56.5 Å². The second-order valence-corrected chi connectivity index (χ2v) is 5.21. The Morgan fingerprint density at radius 3 is 2.63 bits per heavy atom. The van der Waals surface area contributed by atoms with Crippen LogP contribution in [0.1, 0.15) is 24.0 Å². The van der Waals surface area contributed by atoms with Crippen molar-refractivity contribution in [2.75, 3.05) is 24.6 Å². The summed E-state index contributed by atoms with van der Waals surface area (Å²) in [5.41, 5.74) is 3.30. The minimum absolute atomic E-state index is 0.0318. The zero-order valence-electron chi connectivity index (χ0n) is 11.6. The maximum absolute atomic E-state index is 12.5. The van der Waals surface area contributed by atoms with Crippen LogP contribution in [0.25, 0.3) is 0 Å². The van der Waals surface area contributed by atoms with Crippen molar-refractivity contribution in [2.24, 2.45) is 0 Å². The van der Waals surface area contributed by atoms with E-state index in [0.717, 1.165) is 25.2 Å². The fraction of sp³-hybridized carbons (Fsp3) is 0.533. The zero-order chi connectivity index (χ0) is 13.8. The molecular weight excluding hydrogens is 240 g/mol. The first-order chi connectivity index (χ1) is 9.11. The first-order valence-electron chi connectivity index (χ1n) is 6.85. The molecule has 2 rings (SSSR count). The second-order valence-electron chi connectivity index (χ2n) is 5.21. The molecule has 1 aliphatic heterocycles. The Bertz CT molecular complexity index is 439. The number of amides is 1. The van der Waals surface area contributed by atoms with E-state index < -0.39 is 0 Å². The lowest BCUT2D eigenvalue weighted by atomic mass is 10.1. The van der Waals surface area contributed by atoms with Crippen LogP contribution in [0, 0.1) is 13.8 Å². The standard InChI is InChI=1S/C15H22N2O2/c1-11-8-12(2)10-13(9-11)17-6-3-5-16-14(4-7-18)15(17)19/h8-10,14,16,18H,3-7H2,1-2H3. The Balaban J connectivity index is 2.27. The van der Waals surface area contributed by atoms with Crippen molar-refractivity contribution in [3.05, 3.63) is 29.3 Å². The van der Waals surface area contributed by atoms with E-state index in [4.69, 9.17) is 5.11 Å². The molecular formula is C15H22N2O2. The molecule has 1 saturated heterocycles. The van der Waals surface area contributed by atoms with E-state index in [1.807, 2.05) is 30.9 Å². The van der Waals surface area contributed by atoms with Gasteiger partial charge in [0.25, 0.3) is 0 Å². The van der Waals surface area contributed by atoms with Crippen molar-refractivity contribution < 1.29 is 9.90 Å². The summed E-state index contributed by atoms with van der Waals surface area (Å²) in [6.45, 7) is 5.67. The molecule has 0 spiro atoms. The van der Waals surface area contributed by atoms with Gasteiger partial charge in [0.2, 0.25) is 5.91 Å². The highest BCUT2D eigenvalue weighted by molar-refractivity contribution is 5.97. The zero-order valence-corrected chi connectivity index (χ0v) is 11.6. The number of hydrogen-bond acceptors (Lipinski definition) is 3. The van der Waals surface area contributed by atoms with Crippen LogP contribution in [0.3, 0.4) is 0 Å². The molecule has 1 heterocycles. The van der Waals surface area contributed by atoms with Crippen LogP contribution in [0.5, 0.6) is 0 Å². The van der Waals surface area contributed by atoms with Gasteiger partial charge in [-0.1, -0.05) is 6.07 Å². The SMILES string of the molecule is Cc1cc(C)cc(N2CCCNC(CCO)C2=O)c1. The summed E-state index contributed by atoms with van der Waals surface area (Å²) in [5, 5.41) is 12.3. The number of nitrogens with zero attached hydrogens (tertiary/aromatic N) is 1. The molecule has 1 amide bonds. The summed E-state index contributed by atoms with van der Waals surface area (Å²) in [5.74, 6) is 0.0663. The van der Waals surface area contributed by atoms with Gasteiger partial charge < -0.3 is 15.3 Å². The minimum Gasteiger partial charge on any atom is -0.396 e. The molecule has 19 heavy (non-hydrogen) atoms. The Hall–Kier alpha value is -1.39. The van der Waals surface area contributed by atoms with Crippen molar-refractivity contribution >= 4 is 11.6 Å². The van der Waals surface area contributed by atoms with E-state index in [9.17, 15) is 4.79 Å². The largest absolute Gasteiger partial charge is 0.396 e. The molecule has 1 aromatic carbocycles. The molecule has 4 nitrogen and oxygen atoms in total. The molecule has 1 unspecified atom stereocenters. The molecule has 0 bridgehead atoms. The average molecular weight is 262 g/mol. The third-order valence-electron chi connectivity index (χ3n) is 3.45. The number of aliphatic hydroxyl groups excluding tert-OH is 1. The molecule has 0 aromatic heterocycles. The highest BCUT2D eigenvalue weighted by Crippen LogP contribution is 2.21. The van der Waals surface area contributed by atoms with Crippen LogP contribution in [-0.2, 0) is 4.79 Å². The molecule has 1 fully saturated rings. The molecule has 104 valence electrons. The van der Waals surface area contributed by atoms with Gasteiger partial charge in [-0.3, -0.25) is 4.79 Å². The van der Waals surface area contributed by atoms with Gasteiger partial charge in [-0.25, -0.2) is 0 Å². The number of rotatable bonds is 3. The van der Waals surface area contributed by atoms with E-state index in [1.165, 1.54) is 11.1 Å². The number of nitrogens with one attached hydrogen (secondary N) is 1. The predicted molar refractivity (Wildman–Crippen MR) is 76.4 cm³/mol. The molecule has 4 heteroatoms. The van der Waals surface area contributed by atoms with E-state index in [0.29, 0.717) is 6.42 Å². The van der Waals surface area contributed by atoms with Crippen LogP contribution >= 0.6 is 0 Å². The predicted octanol–water partition coefficient (Wildman–Crippen LogP) is 1.38. The Kier molecular flexibility index (Phi) is 4.56. The highest BCUT2D eigenvalue weighted by Gasteiger charge is 2.27. The first kappa shape index (κ1) is 14.0. The second kappa shape index (κ2) is 6.17. The summed E-state index contributed by atoms with van der Waals surface area (Å²) in [6.07, 6.45) is 1.40. The van der Waals surface area contributed by atoms with Gasteiger partial charge in [-0.15, -0.1) is 0 Å². The minimum atomic E-state index is -0.270. The van der Waals surface area contributed by atoms with Crippen molar-refractivity contribution in [3.63, 3.8) is 0 Å². The van der Waals surface area contributed by atoms with E-state index in [-0.39, 0.29) is 18.6 Å². The number of aliphatic hydroxyl groups is 1. The lowest BCUT2D eigenvalue weighted by molar-refractivity contribution is -0.120. The van der Waals surface area contributed by atoms with Crippen LogP contribution in [0.15, 0.2) is 18.2 Å². The average Bonchev–Trinajstić information content (AvgIpc) is 2.52. The summed E-state index contributed by atoms with van der Waals surface area (Å²) in [4.78, 5) is 14.4. The van der Waals surface area contributed by atoms with Gasteiger partial charge in [0.05, 0.1) is 6.04 Å². The van der Waals surface area contributed by atoms with Gasteiger partial charge in [0.1, 0.15) is 0 Å². The number of hydrogen-bond donors (Lipinski definition) is 2. The molecule has 0 aliphatic carbocycles. The van der Waals surface area contributed by atoms with Gasteiger partial charge in [-0.2, -0.15) is 0 Å². The Morgan fingerprint density at radius 1 is 1.32 bits per heavy atom. The lowest BCUT2D eigenvalue weighted by Gasteiger charge is -2.25. The monoisotopic (exact) mass is 262 g/mol. The van der Waals surface area contributed by atoms with Crippen LogP contribution in [-0.4, -0.2) is 36.8 Å². The summed E-state index contributed by atoms with van der Waals surface area (Å²) >= 11 is 0. The smallest absolute Gasteiger partial charge is 0.244 e. The van der Waals surface area contributed by atoms with E-state index in [2.05, 4.69) is 11.4 Å². The molecule has 2 N–H and O–H groups in total. The number of carbonyl (C=O) groups excluding carboxylic acids is 1. The highest BCUT2D eigenvalue weighted by atomic mass is 16.3. The van der Waals surface area contributed by atoms with Crippen molar-refractivity contribution in [1.82, 2.24) is 5.32 Å². The summed E-state index contributed by atoms with van der Waals surface area (Å²) < 4.78 is 0. The Labute approximate surface area is 114 Å². The maximum Gasteiger partial charge on any atom is 0.244 e. The maximum atomic E-state index is 12.5. The van der Waals surface area contributed by atoms with Crippen LogP contribution in [0.2, 0.25) is 0 Å². The van der Waals surface area contributed by atoms with Crippen LogP contribution < -0.4 is 10.2 Å². The number of aryl methyl sites for hydroxylation is 2. The quantitative estimate of drug-likeness (QED) is 0.865. The number of benzene rings is 1. The van der Waals surface area contributed by atoms with Crippen molar-refractivity contribution in [1.29, 1.82) is 0 Å². The van der Waals surface area contributed by atoms with Crippen molar-refractivity contribution in [3.8, 4) is 0 Å². The van der Waals surface area contributed by atoms with Gasteiger partial charge in [0.15, 0.2) is 0 Å². The van der Waals surface area contributed by atoms with Gasteiger partial charge >= 0.3 is 0 Å². The van der Waals surface area contributed by atoms with Crippen molar-refractivity contribution in [2.45, 2.75) is 32.7 Å². The first-order valence-corrected chi connectivity index (χ1v) is 6.85. The fourth-order valence-corrected chi connectivity index (χ4v) is 2.62. The normalized spacial score (nSPS) is 20.5. The van der Waals surface area contributed by atoms with Crippen LogP contribution in [0.4, 0.5) is 5.69 Å². The third kappa shape index (κ3) is 3.33. The Morgan fingerprint density at radius 2 is 2.00 bits per heavy atom. The molecule has 0 saturated carbocycles. The van der Waals surface area contributed by atoms with E-state index >= 15 is 0 Å².